The number of hydrogen-bond donors (Lipinski definition) is 0. The minimum absolute atomic E-state index is 0.279. The van der Waals surface area contributed by atoms with Crippen LogP contribution in [0.5, 0.6) is 0 Å². The summed E-state index contributed by atoms with van der Waals surface area (Å²) in [5.74, 6) is -0.295. The van der Waals surface area contributed by atoms with E-state index in [1.54, 1.807) is 0 Å². The molecule has 3 heteroatoms. The van der Waals surface area contributed by atoms with Crippen molar-refractivity contribution in [2.45, 2.75) is 11.2 Å². The fourth-order valence-corrected chi connectivity index (χ4v) is 4.22. The first-order valence-corrected chi connectivity index (χ1v) is 8.64. The van der Waals surface area contributed by atoms with Crippen molar-refractivity contribution < 1.29 is 9.53 Å². The van der Waals surface area contributed by atoms with E-state index < -0.39 is 0 Å². The van der Waals surface area contributed by atoms with Crippen LogP contribution in [0.25, 0.3) is 0 Å². The molecule has 0 spiro atoms. The van der Waals surface area contributed by atoms with Gasteiger partial charge in [-0.15, -0.1) is 0 Å². The number of carbonyl (C=O) groups excluding carboxylic acids is 1. The second kappa shape index (κ2) is 8.45. The topological polar surface area (TPSA) is 26.3 Å². The first-order chi connectivity index (χ1) is 10.3. The summed E-state index contributed by atoms with van der Waals surface area (Å²) in [5.41, 5.74) is 1.29. The van der Waals surface area contributed by atoms with Crippen molar-refractivity contribution in [3.8, 4) is 0 Å². The van der Waals surface area contributed by atoms with E-state index in [2.05, 4.69) is 41.1 Å². The van der Waals surface area contributed by atoms with Crippen LogP contribution >= 0.6 is 0 Å². The third-order valence-corrected chi connectivity index (χ3v) is 5.42. The van der Waals surface area contributed by atoms with Gasteiger partial charge in [0, 0.05) is 0 Å². The summed E-state index contributed by atoms with van der Waals surface area (Å²) in [4.78, 5) is 11.7. The Balaban J connectivity index is 2.10. The number of ether oxygens (including phenoxy) is 1. The van der Waals surface area contributed by atoms with Gasteiger partial charge in [0.05, 0.1) is 0 Å². The molecule has 0 radical (unpaired) electrons. The van der Waals surface area contributed by atoms with Crippen molar-refractivity contribution >= 4 is 25.4 Å². The van der Waals surface area contributed by atoms with Crippen molar-refractivity contribution in [3.63, 3.8) is 0 Å². The van der Waals surface area contributed by atoms with E-state index >= 15 is 0 Å². The van der Waals surface area contributed by atoms with E-state index in [-0.39, 0.29) is 20.9 Å². The van der Waals surface area contributed by atoms with Gasteiger partial charge in [-0.3, -0.25) is 0 Å². The van der Waals surface area contributed by atoms with Crippen LogP contribution in [0.15, 0.2) is 72.8 Å². The van der Waals surface area contributed by atoms with Gasteiger partial charge in [0.1, 0.15) is 0 Å². The Morgan fingerprint density at radius 1 is 1.10 bits per heavy atom. The normalized spacial score (nSPS) is 12.2. The first-order valence-electron chi connectivity index (χ1n) is 6.79. The molecule has 0 aromatic heterocycles. The van der Waals surface area contributed by atoms with Gasteiger partial charge in [0.2, 0.25) is 0 Å². The van der Waals surface area contributed by atoms with Crippen LogP contribution in [0, 0.1) is 0 Å². The van der Waals surface area contributed by atoms with Crippen molar-refractivity contribution in [2.75, 3.05) is 7.11 Å². The fourth-order valence-electron chi connectivity index (χ4n) is 1.92. The van der Waals surface area contributed by atoms with Gasteiger partial charge in [0.25, 0.3) is 0 Å². The van der Waals surface area contributed by atoms with Crippen LogP contribution in [0.1, 0.15) is 5.56 Å². The number of hydrogen-bond acceptors (Lipinski definition) is 2. The van der Waals surface area contributed by atoms with Gasteiger partial charge in [-0.05, 0) is 0 Å². The van der Waals surface area contributed by atoms with Crippen LogP contribution in [0.4, 0.5) is 0 Å². The van der Waals surface area contributed by atoms with E-state index in [1.165, 1.54) is 23.2 Å². The molecule has 21 heavy (non-hydrogen) atoms. The Labute approximate surface area is 132 Å². The summed E-state index contributed by atoms with van der Waals surface area (Å²) < 4.78 is 6.02. The zero-order valence-electron chi connectivity index (χ0n) is 11.9. The molecule has 2 aromatic carbocycles. The zero-order chi connectivity index (χ0) is 14.9. The number of allylic oxidation sites excluding steroid dienone is 1. The molecule has 0 amide bonds. The molecule has 0 aliphatic rings. The van der Waals surface area contributed by atoms with Crippen molar-refractivity contribution in [2.24, 2.45) is 0 Å². The SMILES string of the molecule is COC(=O)/C=C/[C@H](Cc1ccccc1)[Se]c1ccccc1. The Morgan fingerprint density at radius 2 is 1.71 bits per heavy atom. The third kappa shape index (κ3) is 5.58. The maximum absolute atomic E-state index is 11.3. The number of benzene rings is 2. The molecule has 0 saturated carbocycles. The van der Waals surface area contributed by atoms with E-state index in [4.69, 9.17) is 0 Å². The Kier molecular flexibility index (Phi) is 6.26. The van der Waals surface area contributed by atoms with Crippen LogP contribution in [0.3, 0.4) is 0 Å². The van der Waals surface area contributed by atoms with Crippen LogP contribution in [-0.2, 0) is 16.0 Å². The number of carbonyl (C=O) groups is 1. The van der Waals surface area contributed by atoms with Gasteiger partial charge in [-0.1, -0.05) is 0 Å². The van der Waals surface area contributed by atoms with Crippen molar-refractivity contribution in [1.29, 1.82) is 0 Å². The molecule has 0 bridgehead atoms. The Morgan fingerprint density at radius 3 is 2.33 bits per heavy atom. The second-order valence-electron chi connectivity index (χ2n) is 4.54. The van der Waals surface area contributed by atoms with Crippen LogP contribution in [0.2, 0.25) is 4.82 Å². The van der Waals surface area contributed by atoms with Crippen molar-refractivity contribution in [1.82, 2.24) is 0 Å². The molecule has 0 unspecified atom stereocenters. The van der Waals surface area contributed by atoms with Crippen molar-refractivity contribution in [3.05, 3.63) is 78.4 Å². The number of rotatable bonds is 6. The molecule has 0 fully saturated rings. The summed E-state index contributed by atoms with van der Waals surface area (Å²) in [6.45, 7) is 0. The van der Waals surface area contributed by atoms with Gasteiger partial charge < -0.3 is 0 Å². The second-order valence-corrected chi connectivity index (χ2v) is 7.30. The first kappa shape index (κ1) is 15.6. The summed E-state index contributed by atoms with van der Waals surface area (Å²) in [5, 5.41) is 0. The molecule has 0 aliphatic carbocycles. The monoisotopic (exact) mass is 346 g/mol. The van der Waals surface area contributed by atoms with Gasteiger partial charge in [-0.25, -0.2) is 0 Å². The van der Waals surface area contributed by atoms with Gasteiger partial charge >= 0.3 is 132 Å². The molecule has 0 heterocycles. The summed E-state index contributed by atoms with van der Waals surface area (Å²) in [7, 11) is 1.40. The molecule has 2 aromatic rings. The van der Waals surface area contributed by atoms with Gasteiger partial charge in [-0.2, -0.15) is 0 Å². The van der Waals surface area contributed by atoms with Crippen LogP contribution < -0.4 is 4.46 Å². The Bertz CT molecular complexity index is 537. The fraction of sp³-hybridized carbons (Fsp3) is 0.167. The molecule has 0 saturated heterocycles. The predicted octanol–water partition coefficient (Wildman–Crippen LogP) is 2.78. The molecule has 2 rings (SSSR count). The zero-order valence-corrected chi connectivity index (χ0v) is 13.7. The van der Waals surface area contributed by atoms with E-state index in [0.29, 0.717) is 4.82 Å². The average Bonchev–Trinajstić information content (AvgIpc) is 2.54. The third-order valence-electron chi connectivity index (χ3n) is 2.96. The molecule has 1 atom stereocenters. The molecular weight excluding hydrogens is 327 g/mol. The molecule has 108 valence electrons. The average molecular weight is 345 g/mol. The summed E-state index contributed by atoms with van der Waals surface area (Å²) >= 11 is 0.279. The predicted molar refractivity (Wildman–Crippen MR) is 86.9 cm³/mol. The number of esters is 1. The molecule has 2 nitrogen and oxygen atoms in total. The Hall–Kier alpha value is -1.83. The van der Waals surface area contributed by atoms with Crippen LogP contribution in [-0.4, -0.2) is 28.0 Å². The van der Waals surface area contributed by atoms with Gasteiger partial charge in [0.15, 0.2) is 0 Å². The minimum atomic E-state index is -0.295. The molecular formula is C18H18O2Se. The maximum atomic E-state index is 11.3. The van der Waals surface area contributed by atoms with E-state index in [0.717, 1.165) is 6.42 Å². The van der Waals surface area contributed by atoms with E-state index in [1.807, 2.05) is 30.3 Å². The molecule has 0 aliphatic heterocycles. The van der Waals surface area contributed by atoms with E-state index in [9.17, 15) is 4.79 Å². The standard InChI is InChI=1S/C18H18O2Se/c1-20-18(19)13-12-17(14-15-8-4-2-5-9-15)21-16-10-6-3-7-11-16/h2-13,17H,14H2,1H3/b13-12+/t17-/m1/s1. The number of methoxy groups -OCH3 is 1. The summed E-state index contributed by atoms with van der Waals surface area (Å²) in [6.07, 6.45) is 4.45. The quantitative estimate of drug-likeness (QED) is 0.457. The summed E-state index contributed by atoms with van der Waals surface area (Å²) in [6, 6.07) is 20.8. The molecule has 0 N–H and O–H groups in total.